The molecule has 3 rings (SSSR count). The molecule has 0 N–H and O–H groups in total. The molecule has 1 aromatic heterocycles. The highest BCUT2D eigenvalue weighted by atomic mass is 32.2. The number of hydrogen-bond donors (Lipinski definition) is 0. The molecule has 1 atom stereocenters. The second-order valence-electron chi connectivity index (χ2n) is 5.68. The minimum Gasteiger partial charge on any atom is -0.298 e. The Kier molecular flexibility index (Phi) is 4.21. The number of fused-ring (bicyclic) bond motifs is 1. The van der Waals surface area contributed by atoms with E-state index in [4.69, 9.17) is 0 Å². The van der Waals surface area contributed by atoms with Crippen molar-refractivity contribution in [2.75, 3.05) is 5.75 Å². The summed E-state index contributed by atoms with van der Waals surface area (Å²) in [6.07, 6.45) is 10.5. The van der Waals surface area contributed by atoms with E-state index in [9.17, 15) is 4.79 Å². The lowest BCUT2D eigenvalue weighted by Gasteiger charge is -2.21. The second kappa shape index (κ2) is 6.08. The highest BCUT2D eigenvalue weighted by molar-refractivity contribution is 8.00. The van der Waals surface area contributed by atoms with Gasteiger partial charge < -0.3 is 0 Å². The summed E-state index contributed by atoms with van der Waals surface area (Å²) in [7, 11) is 0. The molecule has 1 fully saturated rings. The number of nitrogens with zero attached hydrogens (tertiary/aromatic N) is 1. The Balaban J connectivity index is 1.56. The van der Waals surface area contributed by atoms with Crippen LogP contribution in [0.25, 0.3) is 0 Å². The lowest BCUT2D eigenvalue weighted by Crippen LogP contribution is -2.17. The van der Waals surface area contributed by atoms with Crippen LogP contribution in [0.3, 0.4) is 0 Å². The summed E-state index contributed by atoms with van der Waals surface area (Å²) in [5.74, 6) is 1.16. The standard InChI is InChI=1S/C16H21NOS/c18-15(11-19-13-6-2-1-3-7-13)14-9-8-12-5-4-10-17-16(12)14/h4-5,10,13-14H,1-3,6-9,11H2. The lowest BCUT2D eigenvalue weighted by molar-refractivity contribution is -0.118. The van der Waals surface area contributed by atoms with Crippen molar-refractivity contribution in [2.45, 2.75) is 56.1 Å². The first-order valence-electron chi connectivity index (χ1n) is 7.42. The van der Waals surface area contributed by atoms with Crippen molar-refractivity contribution in [3.05, 3.63) is 29.6 Å². The molecule has 1 heterocycles. The predicted molar refractivity (Wildman–Crippen MR) is 79.6 cm³/mol. The Hall–Kier alpha value is -0.830. The van der Waals surface area contributed by atoms with Gasteiger partial charge in [0.05, 0.1) is 17.4 Å². The van der Waals surface area contributed by atoms with Crippen molar-refractivity contribution in [2.24, 2.45) is 0 Å². The highest BCUT2D eigenvalue weighted by Gasteiger charge is 2.29. The smallest absolute Gasteiger partial charge is 0.151 e. The number of hydrogen-bond acceptors (Lipinski definition) is 3. The van der Waals surface area contributed by atoms with Crippen LogP contribution in [0.1, 0.15) is 55.7 Å². The Labute approximate surface area is 119 Å². The molecule has 0 radical (unpaired) electrons. The number of pyridine rings is 1. The average Bonchev–Trinajstić information content (AvgIpc) is 2.90. The predicted octanol–water partition coefficient (Wildman–Crippen LogP) is 3.75. The van der Waals surface area contributed by atoms with Crippen LogP contribution in [-0.2, 0) is 11.2 Å². The van der Waals surface area contributed by atoms with Gasteiger partial charge in [-0.1, -0.05) is 25.3 Å². The number of thioether (sulfide) groups is 1. The molecule has 2 aliphatic rings. The molecule has 0 aromatic carbocycles. The van der Waals surface area contributed by atoms with Gasteiger partial charge in [-0.25, -0.2) is 0 Å². The van der Waals surface area contributed by atoms with Crippen LogP contribution in [0.2, 0.25) is 0 Å². The molecule has 2 aliphatic carbocycles. The minimum atomic E-state index is 0.0762. The fraction of sp³-hybridized carbons (Fsp3) is 0.625. The van der Waals surface area contributed by atoms with Crippen molar-refractivity contribution >= 4 is 17.5 Å². The fourth-order valence-corrected chi connectivity index (χ4v) is 4.53. The first-order valence-corrected chi connectivity index (χ1v) is 8.47. The maximum absolute atomic E-state index is 12.4. The number of rotatable bonds is 4. The molecule has 0 aliphatic heterocycles. The largest absolute Gasteiger partial charge is 0.298 e. The third-order valence-electron chi connectivity index (χ3n) is 4.36. The molecule has 0 amide bonds. The molecule has 2 nitrogen and oxygen atoms in total. The van der Waals surface area contributed by atoms with Gasteiger partial charge in [-0.15, -0.1) is 0 Å². The zero-order valence-electron chi connectivity index (χ0n) is 11.3. The molecule has 0 saturated heterocycles. The summed E-state index contributed by atoms with van der Waals surface area (Å²) in [5, 5.41) is 0.724. The van der Waals surface area contributed by atoms with E-state index in [-0.39, 0.29) is 5.92 Å². The molecule has 3 heteroatoms. The number of carbonyl (C=O) groups excluding carboxylic acids is 1. The van der Waals surface area contributed by atoms with Gasteiger partial charge in [-0.05, 0) is 37.3 Å². The van der Waals surface area contributed by atoms with Gasteiger partial charge in [-0.3, -0.25) is 9.78 Å². The molecule has 1 saturated carbocycles. The van der Waals surface area contributed by atoms with Crippen LogP contribution in [0.15, 0.2) is 18.3 Å². The van der Waals surface area contributed by atoms with Crippen LogP contribution in [0.4, 0.5) is 0 Å². The molecule has 102 valence electrons. The third kappa shape index (κ3) is 3.02. The SMILES string of the molecule is O=C(CSC1CCCCC1)C1CCc2cccnc21. The number of aromatic nitrogens is 1. The van der Waals surface area contributed by atoms with Crippen LogP contribution in [0, 0.1) is 0 Å². The quantitative estimate of drug-likeness (QED) is 0.838. The number of ketones is 1. The van der Waals surface area contributed by atoms with Gasteiger partial charge in [-0.2, -0.15) is 11.8 Å². The zero-order valence-corrected chi connectivity index (χ0v) is 12.1. The van der Waals surface area contributed by atoms with Crippen LogP contribution in [0.5, 0.6) is 0 Å². The Morgan fingerprint density at radius 3 is 2.95 bits per heavy atom. The van der Waals surface area contributed by atoms with Crippen molar-refractivity contribution in [3.8, 4) is 0 Å². The van der Waals surface area contributed by atoms with Crippen molar-refractivity contribution < 1.29 is 4.79 Å². The first kappa shape index (κ1) is 13.2. The number of Topliss-reactive ketones (excluding diaryl/α,β-unsaturated/α-hetero) is 1. The van der Waals surface area contributed by atoms with E-state index in [1.807, 2.05) is 24.0 Å². The summed E-state index contributed by atoms with van der Waals surface area (Å²) in [4.78, 5) is 16.8. The van der Waals surface area contributed by atoms with Gasteiger partial charge in [0, 0.05) is 11.4 Å². The van der Waals surface area contributed by atoms with Gasteiger partial charge >= 0.3 is 0 Å². The maximum Gasteiger partial charge on any atom is 0.151 e. The van der Waals surface area contributed by atoms with Crippen LogP contribution >= 0.6 is 11.8 Å². The first-order chi connectivity index (χ1) is 9.34. The number of aryl methyl sites for hydroxylation is 1. The van der Waals surface area contributed by atoms with E-state index in [0.29, 0.717) is 11.5 Å². The van der Waals surface area contributed by atoms with Crippen molar-refractivity contribution in [1.82, 2.24) is 4.98 Å². The van der Waals surface area contributed by atoms with E-state index in [0.717, 1.165) is 23.8 Å². The molecule has 1 unspecified atom stereocenters. The monoisotopic (exact) mass is 275 g/mol. The summed E-state index contributed by atoms with van der Waals surface area (Å²) in [5.41, 5.74) is 2.33. The van der Waals surface area contributed by atoms with Gasteiger partial charge in [0.1, 0.15) is 0 Å². The average molecular weight is 275 g/mol. The number of carbonyl (C=O) groups is 1. The van der Waals surface area contributed by atoms with E-state index < -0.39 is 0 Å². The zero-order chi connectivity index (χ0) is 13.1. The highest BCUT2D eigenvalue weighted by Crippen LogP contribution is 2.34. The molecule has 1 aromatic rings. The maximum atomic E-state index is 12.4. The molecule has 19 heavy (non-hydrogen) atoms. The van der Waals surface area contributed by atoms with E-state index in [1.54, 1.807) is 0 Å². The van der Waals surface area contributed by atoms with Crippen molar-refractivity contribution in [3.63, 3.8) is 0 Å². The third-order valence-corrected chi connectivity index (χ3v) is 5.75. The molecular weight excluding hydrogens is 254 g/mol. The Bertz CT molecular complexity index is 454. The summed E-state index contributed by atoms with van der Waals surface area (Å²) >= 11 is 1.89. The topological polar surface area (TPSA) is 30.0 Å². The van der Waals surface area contributed by atoms with Gasteiger partial charge in [0.2, 0.25) is 0 Å². The van der Waals surface area contributed by atoms with Crippen LogP contribution < -0.4 is 0 Å². The molecule has 0 spiro atoms. The summed E-state index contributed by atoms with van der Waals surface area (Å²) in [6, 6.07) is 4.09. The second-order valence-corrected chi connectivity index (χ2v) is 6.97. The lowest BCUT2D eigenvalue weighted by atomic mass is 10.0. The van der Waals surface area contributed by atoms with E-state index in [1.165, 1.54) is 37.7 Å². The van der Waals surface area contributed by atoms with Crippen LogP contribution in [-0.4, -0.2) is 21.8 Å². The summed E-state index contributed by atoms with van der Waals surface area (Å²) in [6.45, 7) is 0. The molecular formula is C16H21NOS. The summed E-state index contributed by atoms with van der Waals surface area (Å²) < 4.78 is 0. The fourth-order valence-electron chi connectivity index (χ4n) is 3.26. The van der Waals surface area contributed by atoms with E-state index in [2.05, 4.69) is 11.1 Å². The molecule has 0 bridgehead atoms. The van der Waals surface area contributed by atoms with Gasteiger partial charge in [0.25, 0.3) is 0 Å². The minimum absolute atomic E-state index is 0.0762. The Morgan fingerprint density at radius 1 is 1.26 bits per heavy atom. The van der Waals surface area contributed by atoms with Gasteiger partial charge in [0.15, 0.2) is 5.78 Å². The van der Waals surface area contributed by atoms with E-state index >= 15 is 0 Å². The normalized spacial score (nSPS) is 23.3. The Morgan fingerprint density at radius 2 is 2.11 bits per heavy atom. The van der Waals surface area contributed by atoms with Crippen molar-refractivity contribution in [1.29, 1.82) is 0 Å².